The Morgan fingerprint density at radius 3 is 1.61 bits per heavy atom. The highest BCUT2D eigenvalue weighted by Crippen LogP contribution is 2.53. The van der Waals surface area contributed by atoms with Crippen molar-refractivity contribution < 1.29 is 4.57 Å². The number of hydrogen-bond acceptors (Lipinski definition) is 1. The predicted molar refractivity (Wildman–Crippen MR) is 209 cm³/mol. The van der Waals surface area contributed by atoms with Crippen LogP contribution in [-0.2, 0) is 9.98 Å². The predicted octanol–water partition coefficient (Wildman–Crippen LogP) is 11.3. The summed E-state index contributed by atoms with van der Waals surface area (Å²) in [6.45, 7) is 4.72. The lowest BCUT2D eigenvalue weighted by atomic mass is 9.67. The van der Waals surface area contributed by atoms with Gasteiger partial charge in [0.15, 0.2) is 7.14 Å². The first-order valence-corrected chi connectivity index (χ1v) is 18.7. The lowest BCUT2D eigenvalue weighted by molar-refractivity contribution is 0.592. The fourth-order valence-electron chi connectivity index (χ4n) is 8.17. The summed E-state index contributed by atoms with van der Waals surface area (Å²) in [6, 6.07) is 61.7. The fourth-order valence-corrected chi connectivity index (χ4v) is 10.8. The molecule has 0 unspecified atom stereocenters. The van der Waals surface area contributed by atoms with Gasteiger partial charge in [-0.3, -0.25) is 0 Å². The van der Waals surface area contributed by atoms with Gasteiger partial charge >= 0.3 is 0 Å². The van der Waals surface area contributed by atoms with Crippen molar-refractivity contribution in [3.8, 4) is 33.4 Å². The molecule has 0 amide bonds. The van der Waals surface area contributed by atoms with Crippen LogP contribution in [0.4, 0.5) is 0 Å². The van der Waals surface area contributed by atoms with E-state index in [1.807, 2.05) is 60.7 Å². The van der Waals surface area contributed by atoms with Crippen molar-refractivity contribution in [1.29, 1.82) is 0 Å². The van der Waals surface area contributed by atoms with Crippen molar-refractivity contribution in [3.05, 3.63) is 187 Å². The van der Waals surface area contributed by atoms with E-state index in [2.05, 4.69) is 129 Å². The molecule has 0 fully saturated rings. The van der Waals surface area contributed by atoms with Crippen LogP contribution in [0.3, 0.4) is 0 Å². The lowest BCUT2D eigenvalue weighted by Gasteiger charge is -2.36. The Bertz CT molecular complexity index is 2540. The Morgan fingerprint density at radius 2 is 0.918 bits per heavy atom. The normalized spacial score (nSPS) is 13.3. The summed E-state index contributed by atoms with van der Waals surface area (Å²) in [7, 11) is -3.04. The zero-order valence-electron chi connectivity index (χ0n) is 27.6. The number of rotatable bonds is 5. The van der Waals surface area contributed by atoms with Crippen LogP contribution < -0.4 is 15.9 Å². The Morgan fingerprint density at radius 1 is 0.408 bits per heavy atom. The molecule has 8 aromatic rings. The van der Waals surface area contributed by atoms with Crippen LogP contribution in [0, 0.1) is 0 Å². The quantitative estimate of drug-likeness (QED) is 0.134. The minimum atomic E-state index is -3.04. The molecule has 0 aromatic heterocycles. The minimum Gasteiger partial charge on any atom is -0.309 e. The van der Waals surface area contributed by atoms with E-state index in [9.17, 15) is 4.57 Å². The van der Waals surface area contributed by atoms with E-state index in [0.29, 0.717) is 0 Å². The van der Waals surface area contributed by atoms with E-state index in [-0.39, 0.29) is 5.41 Å². The van der Waals surface area contributed by atoms with Crippen LogP contribution in [0.15, 0.2) is 176 Å². The topological polar surface area (TPSA) is 17.1 Å². The van der Waals surface area contributed by atoms with Gasteiger partial charge < -0.3 is 4.57 Å². The Labute approximate surface area is 287 Å². The van der Waals surface area contributed by atoms with Gasteiger partial charge in [0.25, 0.3) is 0 Å². The second kappa shape index (κ2) is 11.3. The van der Waals surface area contributed by atoms with Gasteiger partial charge in [0.1, 0.15) is 0 Å². The van der Waals surface area contributed by atoms with Gasteiger partial charge in [0.05, 0.1) is 0 Å². The van der Waals surface area contributed by atoms with Crippen molar-refractivity contribution >= 4 is 44.6 Å². The Balaban J connectivity index is 1.21. The van der Waals surface area contributed by atoms with E-state index >= 15 is 0 Å². The first-order valence-electron chi connectivity index (χ1n) is 17.0. The lowest BCUT2D eigenvalue weighted by Crippen LogP contribution is -2.24. The molecule has 0 spiro atoms. The molecule has 0 N–H and O–H groups in total. The summed E-state index contributed by atoms with van der Waals surface area (Å²) >= 11 is 0. The van der Waals surface area contributed by atoms with Crippen LogP contribution in [0.25, 0.3) is 54.9 Å². The van der Waals surface area contributed by atoms with Gasteiger partial charge in [-0.15, -0.1) is 0 Å². The summed E-state index contributed by atoms with van der Waals surface area (Å²) in [4.78, 5) is 0. The molecule has 0 heterocycles. The van der Waals surface area contributed by atoms with Crippen molar-refractivity contribution in [3.63, 3.8) is 0 Å². The average Bonchev–Trinajstić information content (AvgIpc) is 3.17. The van der Waals surface area contributed by atoms with E-state index in [1.54, 1.807) is 0 Å². The zero-order valence-corrected chi connectivity index (χ0v) is 28.5. The molecule has 0 atom stereocenters. The summed E-state index contributed by atoms with van der Waals surface area (Å²) in [5.74, 6) is 0. The molecule has 0 saturated heterocycles. The third-order valence-corrected chi connectivity index (χ3v) is 13.6. The highest BCUT2D eigenvalue weighted by atomic mass is 31.2. The smallest absolute Gasteiger partial charge is 0.171 e. The number of benzene rings is 8. The Kier molecular flexibility index (Phi) is 6.83. The van der Waals surface area contributed by atoms with Crippen LogP contribution in [0.1, 0.15) is 25.0 Å². The molecule has 1 aliphatic rings. The highest BCUT2D eigenvalue weighted by molar-refractivity contribution is 7.85. The maximum atomic E-state index is 15.0. The standard InChI is InChI=1S/C47H35OP/c1-47(2)42-25-12-11-23-40(42)45-39-22-10-9-21-38(39)44(41-24-14-26-43(47)46(41)45)34-16-13-15-33(31-34)32-27-29-37(30-28-32)49(48,35-17-5-3-6-18-35)36-19-7-4-8-20-36/h3-31H,1-2H3. The SMILES string of the molecule is CC1(C)c2ccccc2-c2c3ccccc3c(-c3cccc(-c4ccc(P(=O)(c5ccccc5)c5ccccc5)cc4)c3)c3cccc1c23. The molecule has 1 aliphatic carbocycles. The number of hydrogen-bond donors (Lipinski definition) is 0. The summed E-state index contributed by atoms with van der Waals surface area (Å²) < 4.78 is 15.0. The van der Waals surface area contributed by atoms with E-state index in [0.717, 1.165) is 27.0 Å². The van der Waals surface area contributed by atoms with Crippen LogP contribution in [-0.4, -0.2) is 0 Å². The monoisotopic (exact) mass is 646 g/mol. The maximum Gasteiger partial charge on any atom is 0.171 e. The third kappa shape index (κ3) is 4.50. The van der Waals surface area contributed by atoms with Crippen LogP contribution >= 0.6 is 7.14 Å². The molecule has 234 valence electrons. The van der Waals surface area contributed by atoms with Crippen molar-refractivity contribution in [1.82, 2.24) is 0 Å². The van der Waals surface area contributed by atoms with Crippen molar-refractivity contribution in [2.75, 3.05) is 0 Å². The number of fused-ring (bicyclic) bond motifs is 4. The average molecular weight is 647 g/mol. The molecule has 1 nitrogen and oxygen atoms in total. The largest absolute Gasteiger partial charge is 0.309 e. The van der Waals surface area contributed by atoms with Gasteiger partial charge in [-0.1, -0.05) is 184 Å². The molecule has 49 heavy (non-hydrogen) atoms. The molecule has 0 aliphatic heterocycles. The summed E-state index contributed by atoms with van der Waals surface area (Å²) in [6.07, 6.45) is 0. The molecule has 9 rings (SSSR count). The van der Waals surface area contributed by atoms with Crippen molar-refractivity contribution in [2.24, 2.45) is 0 Å². The molecule has 0 saturated carbocycles. The van der Waals surface area contributed by atoms with Crippen molar-refractivity contribution in [2.45, 2.75) is 19.3 Å². The van der Waals surface area contributed by atoms with E-state index in [4.69, 9.17) is 0 Å². The highest BCUT2D eigenvalue weighted by Gasteiger charge is 2.35. The maximum absolute atomic E-state index is 15.0. The van der Waals surface area contributed by atoms with E-state index < -0.39 is 7.14 Å². The van der Waals surface area contributed by atoms with Crippen LogP contribution in [0.2, 0.25) is 0 Å². The first kappa shape index (κ1) is 29.6. The van der Waals surface area contributed by atoms with Gasteiger partial charge in [-0.25, -0.2) is 0 Å². The molecule has 2 heteroatoms. The molecule has 8 aromatic carbocycles. The minimum absolute atomic E-state index is 0.120. The molecule has 0 bridgehead atoms. The van der Waals surface area contributed by atoms with Gasteiger partial charge in [0.2, 0.25) is 0 Å². The second-order valence-electron chi connectivity index (χ2n) is 13.6. The fraction of sp³-hybridized carbons (Fsp3) is 0.0638. The van der Waals surface area contributed by atoms with Crippen LogP contribution in [0.5, 0.6) is 0 Å². The first-order chi connectivity index (χ1) is 24.0. The second-order valence-corrected chi connectivity index (χ2v) is 16.4. The third-order valence-electron chi connectivity index (χ3n) is 10.5. The van der Waals surface area contributed by atoms with E-state index in [1.165, 1.54) is 54.9 Å². The molecular formula is C47H35OP. The summed E-state index contributed by atoms with van der Waals surface area (Å²) in [5.41, 5.74) is 9.99. The molecule has 0 radical (unpaired) electrons. The van der Waals surface area contributed by atoms with Gasteiger partial charge in [0, 0.05) is 21.3 Å². The molecular weight excluding hydrogens is 611 g/mol. The van der Waals surface area contributed by atoms with Gasteiger partial charge in [-0.05, 0) is 72.1 Å². The Hall–Kier alpha value is -5.49. The zero-order chi connectivity index (χ0) is 33.2. The summed E-state index contributed by atoms with van der Waals surface area (Å²) in [5, 5.41) is 7.71. The van der Waals surface area contributed by atoms with Gasteiger partial charge in [-0.2, -0.15) is 0 Å².